The van der Waals surface area contributed by atoms with E-state index in [1.54, 1.807) is 0 Å². The minimum absolute atomic E-state index is 0.833. The molecule has 0 fully saturated rings. The number of hydrogen-bond acceptors (Lipinski definition) is 4. The predicted molar refractivity (Wildman–Crippen MR) is 156 cm³/mol. The molecule has 0 aromatic heterocycles. The van der Waals surface area contributed by atoms with Crippen LogP contribution in [0.1, 0.15) is 157 Å². The highest BCUT2D eigenvalue weighted by Gasteiger charge is 2.05. The molecule has 0 rings (SSSR count). The number of unbranched alkanes of at least 4 members (excludes halogenated alkanes) is 15. The number of carbonyl (C=O) groups is 3. The van der Waals surface area contributed by atoms with Crippen molar-refractivity contribution in [1.29, 1.82) is 0 Å². The largest absolute Gasteiger partial charge is 0.481 e. The number of carboxylic acids is 3. The van der Waals surface area contributed by atoms with Crippen LogP contribution in [0, 0.1) is 0 Å². The molecule has 0 saturated heterocycles. The van der Waals surface area contributed by atoms with E-state index in [0.717, 1.165) is 20.8 Å². The van der Waals surface area contributed by atoms with Crippen molar-refractivity contribution in [2.45, 2.75) is 157 Å². The number of rotatable bonds is 21. The molecule has 0 unspecified atom stereocenters. The molecule has 0 saturated carbocycles. The van der Waals surface area contributed by atoms with Gasteiger partial charge in [-0.25, -0.2) is 0 Å². The normalized spacial score (nSPS) is 9.81. The molecule has 0 atom stereocenters. The van der Waals surface area contributed by atoms with Gasteiger partial charge in [-0.3, -0.25) is 14.4 Å². The predicted octanol–water partition coefficient (Wildman–Crippen LogP) is 8.64. The van der Waals surface area contributed by atoms with Gasteiger partial charge in [-0.1, -0.05) is 117 Å². The molecule has 37 heavy (non-hydrogen) atoms. The van der Waals surface area contributed by atoms with Crippen molar-refractivity contribution in [3.05, 3.63) is 0 Å². The third-order valence-electron chi connectivity index (χ3n) is 5.48. The zero-order chi connectivity index (χ0) is 29.2. The Kier molecular flexibility index (Phi) is 44.6. The first-order valence-corrected chi connectivity index (χ1v) is 14.9. The Morgan fingerprint density at radius 2 is 0.568 bits per heavy atom. The zero-order valence-electron chi connectivity index (χ0n) is 25.4. The van der Waals surface area contributed by atoms with E-state index in [4.69, 9.17) is 29.7 Å². The van der Waals surface area contributed by atoms with Crippen LogP contribution in [0.2, 0.25) is 0 Å². The number of carboxylic acid groups (broad SMARTS) is 3. The van der Waals surface area contributed by atoms with Gasteiger partial charge in [0.15, 0.2) is 0 Å². The Hall–Kier alpha value is -1.63. The Morgan fingerprint density at radius 3 is 0.757 bits per heavy atom. The van der Waals surface area contributed by atoms with Gasteiger partial charge in [0.05, 0.1) is 0 Å². The fourth-order valence-corrected chi connectivity index (χ4v) is 3.68. The summed E-state index contributed by atoms with van der Waals surface area (Å²) in [5.41, 5.74) is 0. The van der Waals surface area contributed by atoms with E-state index < -0.39 is 17.9 Å². The summed E-state index contributed by atoms with van der Waals surface area (Å²) in [6.07, 6.45) is 25.7. The molecule has 0 heterocycles. The highest BCUT2D eigenvalue weighted by Crippen LogP contribution is 2.11. The molecule has 7 nitrogen and oxygen atoms in total. The second kappa shape index (κ2) is 38.9. The van der Waals surface area contributed by atoms with Crippen LogP contribution in [0.4, 0.5) is 0 Å². The summed E-state index contributed by atoms with van der Waals surface area (Å²) in [6, 6.07) is 0. The molecule has 0 spiro atoms. The minimum atomic E-state index is -0.833. The van der Waals surface area contributed by atoms with Crippen molar-refractivity contribution in [2.24, 2.45) is 0 Å². The molecule has 0 aliphatic carbocycles. The van der Waals surface area contributed by atoms with E-state index in [2.05, 4.69) is 25.7 Å². The van der Waals surface area contributed by atoms with Gasteiger partial charge in [-0.15, -0.1) is 0 Å². The highest BCUT2D eigenvalue weighted by molar-refractivity contribution is 5.63. The van der Waals surface area contributed by atoms with Crippen molar-refractivity contribution in [1.82, 2.24) is 4.90 Å². The molecule has 0 aromatic rings. The average molecular weight is 534 g/mol. The molecule has 0 aromatic carbocycles. The molecule has 3 N–H and O–H groups in total. The van der Waals surface area contributed by atoms with Crippen LogP contribution in [0.25, 0.3) is 0 Å². The van der Waals surface area contributed by atoms with Crippen LogP contribution >= 0.6 is 0 Å². The molecule has 0 bridgehead atoms. The molecule has 0 radical (unpaired) electrons. The smallest absolute Gasteiger partial charge is 0.300 e. The van der Waals surface area contributed by atoms with Crippen LogP contribution in [-0.2, 0) is 14.4 Å². The zero-order valence-corrected chi connectivity index (χ0v) is 25.4. The molecule has 0 aliphatic rings. The van der Waals surface area contributed by atoms with E-state index in [1.807, 2.05) is 0 Å². The number of aliphatic carboxylic acids is 3. The summed E-state index contributed by atoms with van der Waals surface area (Å²) in [6.45, 7) is 14.2. The SMILES string of the molecule is CC(=O)O.CC(=O)O.CC(=O)O.CCCCCCCCN(CCCCCCCC)CCCCCCCC. The maximum absolute atomic E-state index is 9.00. The lowest BCUT2D eigenvalue weighted by Crippen LogP contribution is -2.27. The van der Waals surface area contributed by atoms with Crippen LogP contribution in [0.5, 0.6) is 0 Å². The molecular weight excluding hydrogens is 470 g/mol. The highest BCUT2D eigenvalue weighted by atomic mass is 16.4. The molecule has 7 heteroatoms. The van der Waals surface area contributed by atoms with Gasteiger partial charge in [0.25, 0.3) is 17.9 Å². The summed E-state index contributed by atoms with van der Waals surface area (Å²) in [7, 11) is 0. The Balaban J connectivity index is -0.000000375. The first kappa shape index (κ1) is 42.5. The lowest BCUT2D eigenvalue weighted by Gasteiger charge is -2.22. The van der Waals surface area contributed by atoms with E-state index in [-0.39, 0.29) is 0 Å². The van der Waals surface area contributed by atoms with Gasteiger partial charge in [-0.2, -0.15) is 0 Å². The van der Waals surface area contributed by atoms with E-state index in [9.17, 15) is 0 Å². The maximum atomic E-state index is 9.00. The first-order chi connectivity index (χ1) is 17.5. The molecular formula is C30H63NO6. The van der Waals surface area contributed by atoms with E-state index >= 15 is 0 Å². The lowest BCUT2D eigenvalue weighted by atomic mass is 10.1. The maximum Gasteiger partial charge on any atom is 0.300 e. The summed E-state index contributed by atoms with van der Waals surface area (Å²) in [4.78, 5) is 29.8. The van der Waals surface area contributed by atoms with Gasteiger partial charge in [0, 0.05) is 20.8 Å². The van der Waals surface area contributed by atoms with Crippen molar-refractivity contribution in [3.8, 4) is 0 Å². The van der Waals surface area contributed by atoms with Gasteiger partial charge >= 0.3 is 0 Å². The van der Waals surface area contributed by atoms with Crippen LogP contribution in [0.15, 0.2) is 0 Å². The number of hydrogen-bond donors (Lipinski definition) is 3. The van der Waals surface area contributed by atoms with Crippen LogP contribution < -0.4 is 0 Å². The minimum Gasteiger partial charge on any atom is -0.481 e. The van der Waals surface area contributed by atoms with Gasteiger partial charge in [0.2, 0.25) is 0 Å². The lowest BCUT2D eigenvalue weighted by molar-refractivity contribution is -0.135. The standard InChI is InChI=1S/C24H51N.3C2H4O2/c1-4-7-10-13-16-19-22-25(23-20-17-14-11-8-5-2)24-21-18-15-12-9-6-3;3*1-2(3)4/h4-24H2,1-3H3;3*1H3,(H,3,4). The summed E-state index contributed by atoms with van der Waals surface area (Å²) >= 11 is 0. The second-order valence-electron chi connectivity index (χ2n) is 9.70. The second-order valence-corrected chi connectivity index (χ2v) is 9.70. The average Bonchev–Trinajstić information content (AvgIpc) is 2.79. The van der Waals surface area contributed by atoms with Gasteiger partial charge < -0.3 is 20.2 Å². The van der Waals surface area contributed by atoms with Crippen molar-refractivity contribution < 1.29 is 29.7 Å². The third kappa shape index (κ3) is 72.0. The quantitative estimate of drug-likeness (QED) is 0.126. The summed E-state index contributed by atoms with van der Waals surface area (Å²) in [5, 5.41) is 22.2. The van der Waals surface area contributed by atoms with Crippen molar-refractivity contribution >= 4 is 17.9 Å². The van der Waals surface area contributed by atoms with Crippen molar-refractivity contribution in [2.75, 3.05) is 19.6 Å². The number of nitrogens with zero attached hydrogens (tertiary/aromatic N) is 1. The van der Waals surface area contributed by atoms with Gasteiger partial charge in [0.1, 0.15) is 0 Å². The van der Waals surface area contributed by atoms with E-state index in [1.165, 1.54) is 135 Å². The molecule has 0 amide bonds. The molecule has 224 valence electrons. The summed E-state index contributed by atoms with van der Waals surface area (Å²) < 4.78 is 0. The third-order valence-corrected chi connectivity index (χ3v) is 5.48. The van der Waals surface area contributed by atoms with E-state index in [0.29, 0.717) is 0 Å². The van der Waals surface area contributed by atoms with Crippen molar-refractivity contribution in [3.63, 3.8) is 0 Å². The Labute approximate surface area is 229 Å². The molecule has 0 aliphatic heterocycles. The van der Waals surface area contributed by atoms with Crippen LogP contribution in [0.3, 0.4) is 0 Å². The fraction of sp³-hybridized carbons (Fsp3) is 0.900. The van der Waals surface area contributed by atoms with Gasteiger partial charge in [-0.05, 0) is 38.9 Å². The van der Waals surface area contributed by atoms with Crippen LogP contribution in [-0.4, -0.2) is 57.8 Å². The Morgan fingerprint density at radius 1 is 0.405 bits per heavy atom. The Bertz CT molecular complexity index is 392. The fourth-order valence-electron chi connectivity index (χ4n) is 3.68. The first-order valence-electron chi connectivity index (χ1n) is 14.9. The topological polar surface area (TPSA) is 115 Å². The monoisotopic (exact) mass is 533 g/mol. The summed E-state index contributed by atoms with van der Waals surface area (Å²) in [5.74, 6) is -2.50.